The minimum absolute atomic E-state index is 0.122. The third-order valence-electron chi connectivity index (χ3n) is 4.84. The van der Waals surface area contributed by atoms with Gasteiger partial charge in [0, 0.05) is 35.7 Å². The number of hydrogen-bond donors (Lipinski definition) is 2. The van der Waals surface area contributed by atoms with Crippen LogP contribution in [0.4, 0.5) is 0 Å². The largest absolute Gasteiger partial charge is 0.339 e. The van der Waals surface area contributed by atoms with Gasteiger partial charge in [0.05, 0.1) is 4.88 Å². The molecule has 0 saturated heterocycles. The predicted molar refractivity (Wildman–Crippen MR) is 107 cm³/mol. The summed E-state index contributed by atoms with van der Waals surface area (Å²) in [5.41, 5.74) is 6.98. The Kier molecular flexibility index (Phi) is 5.66. The van der Waals surface area contributed by atoms with E-state index in [9.17, 15) is 9.59 Å². The Balaban J connectivity index is 1.25. The van der Waals surface area contributed by atoms with Crippen molar-refractivity contribution in [3.8, 4) is 11.4 Å². The second kappa shape index (κ2) is 8.52. The van der Waals surface area contributed by atoms with Crippen molar-refractivity contribution in [2.45, 2.75) is 39.0 Å². The lowest BCUT2D eigenvalue weighted by Crippen LogP contribution is -2.41. The zero-order valence-electron chi connectivity index (χ0n) is 16.0. The van der Waals surface area contributed by atoms with E-state index in [2.05, 4.69) is 32.9 Å². The minimum atomic E-state index is -0.322. The van der Waals surface area contributed by atoms with E-state index < -0.39 is 0 Å². The highest BCUT2D eigenvalue weighted by atomic mass is 32.1. The number of carbonyl (C=O) groups is 2. The maximum Gasteiger partial charge on any atom is 0.279 e. The average Bonchev–Trinajstić information content (AvgIpc) is 3.38. The molecule has 3 aromatic rings. The Morgan fingerprint density at radius 3 is 2.93 bits per heavy atom. The Labute approximate surface area is 171 Å². The SMILES string of the molecule is CC1CCc2sc(C(=O)NNC(=O)CCc3nc(-c4ccncc4)no3)cc2C1. The standard InChI is InChI=1S/C20H21N5O3S/c1-12-2-3-15-14(10-12)11-16(29-15)20(27)24-23-17(26)4-5-18-22-19(25-28-18)13-6-8-21-9-7-13/h6-9,11-12H,2-5,10H2,1H3,(H,23,26)(H,24,27). The van der Waals surface area contributed by atoms with E-state index in [4.69, 9.17) is 4.52 Å². The number of carbonyl (C=O) groups excluding carboxylic acids is 2. The maximum atomic E-state index is 12.3. The molecule has 8 nitrogen and oxygen atoms in total. The molecule has 0 spiro atoms. The number of thiophene rings is 1. The molecule has 29 heavy (non-hydrogen) atoms. The van der Waals surface area contributed by atoms with E-state index in [0.29, 0.717) is 22.5 Å². The number of fused-ring (bicyclic) bond motifs is 1. The van der Waals surface area contributed by atoms with E-state index in [0.717, 1.165) is 24.8 Å². The summed E-state index contributed by atoms with van der Waals surface area (Å²) < 4.78 is 5.17. The normalized spacial score (nSPS) is 15.6. The van der Waals surface area contributed by atoms with Crippen molar-refractivity contribution in [3.63, 3.8) is 0 Å². The summed E-state index contributed by atoms with van der Waals surface area (Å²) in [6, 6.07) is 5.50. The van der Waals surface area contributed by atoms with Gasteiger partial charge >= 0.3 is 0 Å². The Bertz CT molecular complexity index is 1010. The van der Waals surface area contributed by atoms with E-state index in [1.165, 1.54) is 21.8 Å². The third kappa shape index (κ3) is 4.68. The third-order valence-corrected chi connectivity index (χ3v) is 6.08. The van der Waals surface area contributed by atoms with E-state index in [1.54, 1.807) is 24.5 Å². The van der Waals surface area contributed by atoms with Gasteiger partial charge in [0.2, 0.25) is 17.6 Å². The minimum Gasteiger partial charge on any atom is -0.339 e. The summed E-state index contributed by atoms with van der Waals surface area (Å²) in [6.45, 7) is 2.23. The molecule has 1 aliphatic rings. The van der Waals surface area contributed by atoms with Crippen molar-refractivity contribution >= 4 is 23.2 Å². The maximum absolute atomic E-state index is 12.3. The molecule has 0 bridgehead atoms. The topological polar surface area (TPSA) is 110 Å². The summed E-state index contributed by atoms with van der Waals surface area (Å²) in [6.07, 6.45) is 6.88. The van der Waals surface area contributed by atoms with Crippen LogP contribution in [-0.4, -0.2) is 26.9 Å². The summed E-state index contributed by atoms with van der Waals surface area (Å²) >= 11 is 1.51. The molecule has 0 saturated carbocycles. The van der Waals surface area contributed by atoms with Gasteiger partial charge in [-0.05, 0) is 48.9 Å². The molecule has 9 heteroatoms. The van der Waals surface area contributed by atoms with Crippen molar-refractivity contribution in [3.05, 3.63) is 51.8 Å². The van der Waals surface area contributed by atoms with Crippen molar-refractivity contribution in [1.82, 2.24) is 26.0 Å². The van der Waals surface area contributed by atoms with Crippen LogP contribution in [0.3, 0.4) is 0 Å². The smallest absolute Gasteiger partial charge is 0.279 e. The van der Waals surface area contributed by atoms with Crippen LogP contribution in [0.5, 0.6) is 0 Å². The number of nitrogens with one attached hydrogen (secondary N) is 2. The van der Waals surface area contributed by atoms with Crippen LogP contribution in [-0.2, 0) is 24.1 Å². The van der Waals surface area contributed by atoms with Gasteiger partial charge in [-0.25, -0.2) is 0 Å². The molecular weight excluding hydrogens is 390 g/mol. The van der Waals surface area contributed by atoms with Crippen molar-refractivity contribution < 1.29 is 14.1 Å². The van der Waals surface area contributed by atoms with Crippen LogP contribution >= 0.6 is 11.3 Å². The second-order valence-corrected chi connectivity index (χ2v) is 8.29. The molecular formula is C20H21N5O3S. The number of aromatic nitrogens is 3. The Hall–Kier alpha value is -3.07. The van der Waals surface area contributed by atoms with Crippen LogP contribution in [0.15, 0.2) is 35.1 Å². The molecule has 0 radical (unpaired) electrons. The number of amides is 2. The number of hydrazine groups is 1. The van der Waals surface area contributed by atoms with Gasteiger partial charge in [-0.1, -0.05) is 12.1 Å². The molecule has 0 aromatic carbocycles. The number of pyridine rings is 1. The van der Waals surface area contributed by atoms with Gasteiger partial charge in [0.25, 0.3) is 5.91 Å². The fourth-order valence-electron chi connectivity index (χ4n) is 3.26. The first-order valence-corrected chi connectivity index (χ1v) is 10.3. The second-order valence-electron chi connectivity index (χ2n) is 7.16. The number of rotatable bonds is 5. The van der Waals surface area contributed by atoms with Gasteiger partial charge in [-0.3, -0.25) is 25.4 Å². The van der Waals surface area contributed by atoms with Crippen LogP contribution in [0, 0.1) is 5.92 Å². The zero-order chi connectivity index (χ0) is 20.2. The van der Waals surface area contributed by atoms with Gasteiger partial charge in [0.15, 0.2) is 0 Å². The highest BCUT2D eigenvalue weighted by molar-refractivity contribution is 7.14. The Morgan fingerprint density at radius 1 is 1.28 bits per heavy atom. The molecule has 1 unspecified atom stereocenters. The lowest BCUT2D eigenvalue weighted by atomic mass is 9.90. The number of nitrogens with zero attached hydrogens (tertiary/aromatic N) is 3. The average molecular weight is 411 g/mol. The van der Waals surface area contributed by atoms with Crippen LogP contribution in [0.1, 0.15) is 45.8 Å². The first kappa shape index (κ1) is 19.3. The van der Waals surface area contributed by atoms with Crippen molar-refractivity contribution in [1.29, 1.82) is 0 Å². The molecule has 3 aromatic heterocycles. The van der Waals surface area contributed by atoms with Crippen molar-refractivity contribution in [2.24, 2.45) is 5.92 Å². The van der Waals surface area contributed by atoms with Crippen LogP contribution < -0.4 is 10.9 Å². The molecule has 1 aliphatic carbocycles. The monoisotopic (exact) mass is 411 g/mol. The molecule has 150 valence electrons. The Morgan fingerprint density at radius 2 is 2.10 bits per heavy atom. The lowest BCUT2D eigenvalue weighted by Gasteiger charge is -2.16. The van der Waals surface area contributed by atoms with Gasteiger partial charge in [-0.2, -0.15) is 4.98 Å². The summed E-state index contributed by atoms with van der Waals surface area (Å²) in [7, 11) is 0. The molecule has 1 atom stereocenters. The van der Waals surface area contributed by atoms with E-state index in [1.807, 2.05) is 6.07 Å². The van der Waals surface area contributed by atoms with Gasteiger partial charge < -0.3 is 4.52 Å². The molecule has 0 aliphatic heterocycles. The highest BCUT2D eigenvalue weighted by Crippen LogP contribution is 2.32. The zero-order valence-corrected chi connectivity index (χ0v) is 16.8. The summed E-state index contributed by atoms with van der Waals surface area (Å²) in [5, 5.41) is 3.90. The van der Waals surface area contributed by atoms with Crippen molar-refractivity contribution in [2.75, 3.05) is 0 Å². The molecule has 3 heterocycles. The fourth-order valence-corrected chi connectivity index (χ4v) is 4.37. The summed E-state index contributed by atoms with van der Waals surface area (Å²) in [5.74, 6) is 0.849. The first-order chi connectivity index (χ1) is 14.1. The lowest BCUT2D eigenvalue weighted by molar-refractivity contribution is -0.121. The number of aryl methyl sites for hydroxylation is 2. The van der Waals surface area contributed by atoms with Crippen LogP contribution in [0.25, 0.3) is 11.4 Å². The van der Waals surface area contributed by atoms with Gasteiger partial charge in [-0.15, -0.1) is 11.3 Å². The van der Waals surface area contributed by atoms with Gasteiger partial charge in [0.1, 0.15) is 0 Å². The van der Waals surface area contributed by atoms with E-state index >= 15 is 0 Å². The molecule has 0 fully saturated rings. The predicted octanol–water partition coefficient (Wildman–Crippen LogP) is 2.71. The van der Waals surface area contributed by atoms with Crippen LogP contribution in [0.2, 0.25) is 0 Å². The quantitative estimate of drug-likeness (QED) is 0.625. The molecule has 2 amide bonds. The molecule has 2 N–H and O–H groups in total. The highest BCUT2D eigenvalue weighted by Gasteiger charge is 2.21. The fraction of sp³-hybridized carbons (Fsp3) is 0.350. The van der Waals surface area contributed by atoms with E-state index in [-0.39, 0.29) is 24.7 Å². The molecule has 4 rings (SSSR count). The number of hydrogen-bond acceptors (Lipinski definition) is 7. The first-order valence-electron chi connectivity index (χ1n) is 9.52. The summed E-state index contributed by atoms with van der Waals surface area (Å²) in [4.78, 5) is 34.5.